The summed E-state index contributed by atoms with van der Waals surface area (Å²) in [5, 5.41) is 1.14. The number of morpholine rings is 1. The van der Waals surface area contributed by atoms with Crippen molar-refractivity contribution in [3.8, 4) is 0 Å². The van der Waals surface area contributed by atoms with Crippen molar-refractivity contribution in [3.63, 3.8) is 0 Å². The summed E-state index contributed by atoms with van der Waals surface area (Å²) in [4.78, 5) is 20.4. The van der Waals surface area contributed by atoms with Crippen LogP contribution in [0.2, 0.25) is 0 Å². The van der Waals surface area contributed by atoms with E-state index in [1.807, 2.05) is 11.0 Å². The third-order valence-electron chi connectivity index (χ3n) is 5.44. The highest BCUT2D eigenvalue weighted by Gasteiger charge is 2.40. The van der Waals surface area contributed by atoms with E-state index in [-0.39, 0.29) is 12.0 Å². The van der Waals surface area contributed by atoms with E-state index in [2.05, 4.69) is 42.9 Å². The zero-order valence-electron chi connectivity index (χ0n) is 13.9. The van der Waals surface area contributed by atoms with Gasteiger partial charge in [0.05, 0.1) is 18.8 Å². The van der Waals surface area contributed by atoms with Crippen molar-refractivity contribution in [3.05, 3.63) is 35.0 Å². The molecule has 1 amide bonds. The monoisotopic (exact) mass is 313 g/mol. The van der Waals surface area contributed by atoms with Crippen molar-refractivity contribution in [1.82, 2.24) is 14.8 Å². The quantitative estimate of drug-likeness (QED) is 0.875. The summed E-state index contributed by atoms with van der Waals surface area (Å²) in [6.45, 7) is 7.32. The molecular weight excluding hydrogens is 290 g/mol. The molecule has 0 radical (unpaired) electrons. The third kappa shape index (κ3) is 2.35. The lowest BCUT2D eigenvalue weighted by molar-refractivity contribution is -0.0368. The van der Waals surface area contributed by atoms with Gasteiger partial charge >= 0.3 is 0 Å². The fraction of sp³-hybridized carbons (Fsp3) is 0.500. The van der Waals surface area contributed by atoms with Crippen LogP contribution in [0.1, 0.15) is 21.6 Å². The summed E-state index contributed by atoms with van der Waals surface area (Å²) in [7, 11) is 2.11. The Hall–Kier alpha value is -1.85. The molecule has 0 bridgehead atoms. The lowest BCUT2D eigenvalue weighted by Gasteiger charge is -2.33. The van der Waals surface area contributed by atoms with E-state index in [1.54, 1.807) is 0 Å². The predicted octanol–water partition coefficient (Wildman–Crippen LogP) is 1.94. The second kappa shape index (κ2) is 5.35. The highest BCUT2D eigenvalue weighted by Crippen LogP contribution is 2.26. The number of amides is 1. The van der Waals surface area contributed by atoms with Gasteiger partial charge in [0, 0.05) is 30.5 Å². The molecule has 4 rings (SSSR count). The summed E-state index contributed by atoms with van der Waals surface area (Å²) >= 11 is 0. The Morgan fingerprint density at radius 3 is 2.91 bits per heavy atom. The first-order valence-corrected chi connectivity index (χ1v) is 8.24. The van der Waals surface area contributed by atoms with Crippen LogP contribution in [0.25, 0.3) is 10.9 Å². The number of aromatic amines is 1. The number of likely N-dealkylation sites (N-methyl/N-ethyl adjacent to an activating group) is 1. The van der Waals surface area contributed by atoms with Crippen molar-refractivity contribution in [2.45, 2.75) is 26.0 Å². The van der Waals surface area contributed by atoms with Crippen LogP contribution in [-0.4, -0.2) is 66.1 Å². The Bertz CT molecular complexity index is 767. The summed E-state index contributed by atoms with van der Waals surface area (Å²) < 4.78 is 5.84. The van der Waals surface area contributed by atoms with Gasteiger partial charge in [0.1, 0.15) is 5.69 Å². The molecule has 0 spiro atoms. The molecule has 0 saturated carbocycles. The normalized spacial score (nSPS) is 25.1. The first-order valence-electron chi connectivity index (χ1n) is 8.24. The summed E-state index contributed by atoms with van der Waals surface area (Å²) in [5.41, 5.74) is 4.19. The third-order valence-corrected chi connectivity index (χ3v) is 5.44. The zero-order chi connectivity index (χ0) is 16.1. The molecule has 3 heterocycles. The average molecular weight is 313 g/mol. The summed E-state index contributed by atoms with van der Waals surface area (Å²) in [6.07, 6.45) is 0.144. The Labute approximate surface area is 136 Å². The van der Waals surface area contributed by atoms with Gasteiger partial charge in [-0.05, 0) is 44.2 Å². The standard InChI is InChI=1S/C18H23N3O2/c1-11-4-5-14-13(12(11)2)8-15(19-14)18(22)21-9-16-17(10-21)23-7-6-20(16)3/h4-5,8,16-17,19H,6-7,9-10H2,1-3H3. The van der Waals surface area contributed by atoms with Gasteiger partial charge in [0.25, 0.3) is 5.91 Å². The van der Waals surface area contributed by atoms with Crippen molar-refractivity contribution >= 4 is 16.8 Å². The number of benzene rings is 1. The Balaban J connectivity index is 1.61. The highest BCUT2D eigenvalue weighted by atomic mass is 16.5. The molecule has 122 valence electrons. The molecule has 2 saturated heterocycles. The van der Waals surface area contributed by atoms with Crippen molar-refractivity contribution < 1.29 is 9.53 Å². The Morgan fingerprint density at radius 2 is 2.13 bits per heavy atom. The SMILES string of the molecule is Cc1ccc2[nH]c(C(=O)N3CC4OCCN(C)C4C3)cc2c1C. The van der Waals surface area contributed by atoms with Crippen LogP contribution >= 0.6 is 0 Å². The number of hydrogen-bond acceptors (Lipinski definition) is 3. The second-order valence-electron chi connectivity index (χ2n) is 6.82. The molecule has 2 aliphatic rings. The largest absolute Gasteiger partial charge is 0.373 e. The smallest absolute Gasteiger partial charge is 0.270 e. The van der Waals surface area contributed by atoms with E-state index in [0.717, 1.165) is 30.6 Å². The van der Waals surface area contributed by atoms with E-state index in [4.69, 9.17) is 4.74 Å². The van der Waals surface area contributed by atoms with Crippen LogP contribution < -0.4 is 0 Å². The van der Waals surface area contributed by atoms with Gasteiger partial charge < -0.3 is 14.6 Å². The number of carbonyl (C=O) groups excluding carboxylic acids is 1. The minimum atomic E-state index is 0.0738. The lowest BCUT2D eigenvalue weighted by Crippen LogP contribution is -2.48. The minimum absolute atomic E-state index is 0.0738. The molecule has 5 heteroatoms. The number of nitrogens with zero attached hydrogens (tertiary/aromatic N) is 2. The van der Waals surface area contributed by atoms with Crippen LogP contribution in [0.15, 0.2) is 18.2 Å². The number of likely N-dealkylation sites (tertiary alicyclic amines) is 1. The fourth-order valence-electron chi connectivity index (χ4n) is 3.77. The molecule has 2 aliphatic heterocycles. The number of H-pyrrole nitrogens is 1. The van der Waals surface area contributed by atoms with Gasteiger partial charge in [0.2, 0.25) is 0 Å². The van der Waals surface area contributed by atoms with Crippen LogP contribution in [0.4, 0.5) is 0 Å². The number of ether oxygens (including phenoxy) is 1. The van der Waals surface area contributed by atoms with E-state index in [1.165, 1.54) is 11.1 Å². The fourth-order valence-corrected chi connectivity index (χ4v) is 3.77. The summed E-state index contributed by atoms with van der Waals surface area (Å²) in [6, 6.07) is 6.46. The number of aryl methyl sites for hydroxylation is 2. The molecule has 1 aromatic carbocycles. The molecule has 2 aromatic rings. The topological polar surface area (TPSA) is 48.6 Å². The molecule has 2 unspecified atom stereocenters. The van der Waals surface area contributed by atoms with E-state index >= 15 is 0 Å². The number of carbonyl (C=O) groups is 1. The van der Waals surface area contributed by atoms with Crippen LogP contribution in [0.3, 0.4) is 0 Å². The minimum Gasteiger partial charge on any atom is -0.373 e. The van der Waals surface area contributed by atoms with Crippen molar-refractivity contribution in [2.75, 3.05) is 33.3 Å². The van der Waals surface area contributed by atoms with E-state index < -0.39 is 0 Å². The molecule has 23 heavy (non-hydrogen) atoms. The number of aromatic nitrogens is 1. The molecular formula is C18H23N3O2. The maximum atomic E-state index is 12.9. The van der Waals surface area contributed by atoms with Crippen LogP contribution in [0, 0.1) is 13.8 Å². The second-order valence-corrected chi connectivity index (χ2v) is 6.82. The molecule has 2 atom stereocenters. The highest BCUT2D eigenvalue weighted by molar-refractivity contribution is 5.99. The zero-order valence-corrected chi connectivity index (χ0v) is 13.9. The maximum Gasteiger partial charge on any atom is 0.270 e. The number of hydrogen-bond donors (Lipinski definition) is 1. The number of rotatable bonds is 1. The van der Waals surface area contributed by atoms with Gasteiger partial charge in [-0.2, -0.15) is 0 Å². The van der Waals surface area contributed by atoms with Crippen molar-refractivity contribution in [1.29, 1.82) is 0 Å². The average Bonchev–Trinajstić information content (AvgIpc) is 3.15. The Kier molecular flexibility index (Phi) is 3.43. The summed E-state index contributed by atoms with van der Waals surface area (Å²) in [5.74, 6) is 0.0738. The van der Waals surface area contributed by atoms with Gasteiger partial charge in [-0.25, -0.2) is 0 Å². The first-order chi connectivity index (χ1) is 11.0. The van der Waals surface area contributed by atoms with Gasteiger partial charge in [0.15, 0.2) is 0 Å². The van der Waals surface area contributed by atoms with E-state index in [0.29, 0.717) is 18.3 Å². The molecule has 2 fully saturated rings. The Morgan fingerprint density at radius 1 is 1.30 bits per heavy atom. The van der Waals surface area contributed by atoms with Crippen molar-refractivity contribution in [2.24, 2.45) is 0 Å². The van der Waals surface area contributed by atoms with Crippen LogP contribution in [-0.2, 0) is 4.74 Å². The number of nitrogens with one attached hydrogen (secondary N) is 1. The molecule has 1 aromatic heterocycles. The van der Waals surface area contributed by atoms with E-state index in [9.17, 15) is 4.79 Å². The van der Waals surface area contributed by atoms with Gasteiger partial charge in [-0.1, -0.05) is 6.07 Å². The lowest BCUT2D eigenvalue weighted by atomic mass is 10.1. The van der Waals surface area contributed by atoms with Gasteiger partial charge in [-0.3, -0.25) is 9.69 Å². The van der Waals surface area contributed by atoms with Crippen LogP contribution in [0.5, 0.6) is 0 Å². The maximum absolute atomic E-state index is 12.9. The first kappa shape index (κ1) is 14.7. The molecule has 1 N–H and O–H groups in total. The molecule has 5 nitrogen and oxygen atoms in total. The predicted molar refractivity (Wildman–Crippen MR) is 89.8 cm³/mol. The van der Waals surface area contributed by atoms with Gasteiger partial charge in [-0.15, -0.1) is 0 Å². The number of fused-ring (bicyclic) bond motifs is 2. The molecule has 0 aliphatic carbocycles.